The lowest BCUT2D eigenvalue weighted by molar-refractivity contribution is -0.385. The Labute approximate surface area is 175 Å². The van der Waals surface area contributed by atoms with E-state index in [1.165, 1.54) is 16.4 Å². The molecule has 0 N–H and O–H groups in total. The molecule has 0 unspecified atom stereocenters. The number of nitro benzene ring substituents is 1. The fourth-order valence-corrected chi connectivity index (χ4v) is 5.71. The molecule has 10 nitrogen and oxygen atoms in total. The fraction of sp³-hybridized carbons (Fsp3) is 0.474. The molecule has 0 radical (unpaired) electrons. The minimum atomic E-state index is -3.80. The van der Waals surface area contributed by atoms with Gasteiger partial charge in [0.2, 0.25) is 16.0 Å². The van der Waals surface area contributed by atoms with Crippen LogP contribution in [0.3, 0.4) is 0 Å². The van der Waals surface area contributed by atoms with Crippen LogP contribution in [-0.4, -0.2) is 66.9 Å². The summed E-state index contributed by atoms with van der Waals surface area (Å²) in [6, 6.07) is 5.91. The molecule has 2 aliphatic rings. The molecule has 30 heavy (non-hydrogen) atoms. The van der Waals surface area contributed by atoms with Crippen molar-refractivity contribution < 1.29 is 13.3 Å². The number of nitrogens with zero attached hydrogens (tertiary/aromatic N) is 6. The highest BCUT2D eigenvalue weighted by molar-refractivity contribution is 7.89. The Bertz CT molecular complexity index is 1010. The highest BCUT2D eigenvalue weighted by Gasteiger charge is 2.32. The van der Waals surface area contributed by atoms with Gasteiger partial charge < -0.3 is 9.80 Å². The van der Waals surface area contributed by atoms with Crippen molar-refractivity contribution in [2.75, 3.05) is 49.1 Å². The van der Waals surface area contributed by atoms with Crippen LogP contribution in [0, 0.1) is 10.1 Å². The molecule has 0 spiro atoms. The average Bonchev–Trinajstić information content (AvgIpc) is 3.20. The number of hydrogen-bond donors (Lipinski definition) is 0. The quantitative estimate of drug-likeness (QED) is 0.520. The lowest BCUT2D eigenvalue weighted by Gasteiger charge is -2.27. The molecule has 0 aliphatic carbocycles. The van der Waals surface area contributed by atoms with E-state index in [0.29, 0.717) is 44.4 Å². The lowest BCUT2D eigenvalue weighted by atomic mass is 10.2. The van der Waals surface area contributed by atoms with Gasteiger partial charge >= 0.3 is 0 Å². The number of anilines is 2. The molecule has 2 aliphatic heterocycles. The van der Waals surface area contributed by atoms with Gasteiger partial charge in [-0.1, -0.05) is 0 Å². The van der Waals surface area contributed by atoms with E-state index in [1.54, 1.807) is 24.5 Å². The van der Waals surface area contributed by atoms with E-state index >= 15 is 0 Å². The van der Waals surface area contributed by atoms with Crippen LogP contribution in [0.2, 0.25) is 0 Å². The van der Waals surface area contributed by atoms with Crippen molar-refractivity contribution in [3.8, 4) is 0 Å². The van der Waals surface area contributed by atoms with Gasteiger partial charge in [-0.05, 0) is 31.4 Å². The number of rotatable bonds is 5. The number of aromatic nitrogens is 2. The molecule has 160 valence electrons. The SMILES string of the molecule is O=[N+]([O-])c1ccc(N2CCCN(c3ncccn3)CC2)c(S(=O)(=O)N2CCCC2)c1. The number of hydrogen-bond acceptors (Lipinski definition) is 8. The van der Waals surface area contributed by atoms with Crippen LogP contribution in [0.5, 0.6) is 0 Å². The standard InChI is InChI=1S/C19H24N6O4S/c26-25(27)16-5-6-17(18(15-16)30(28,29)24-11-1-2-12-24)22-9-4-10-23(14-13-22)19-20-7-3-8-21-19/h3,5-8,15H,1-2,4,9-14H2. The van der Waals surface area contributed by atoms with Gasteiger partial charge in [-0.25, -0.2) is 18.4 Å². The van der Waals surface area contributed by atoms with E-state index in [-0.39, 0.29) is 10.6 Å². The molecule has 0 amide bonds. The van der Waals surface area contributed by atoms with E-state index < -0.39 is 14.9 Å². The van der Waals surface area contributed by atoms with Crippen LogP contribution in [0.1, 0.15) is 19.3 Å². The molecule has 1 aromatic heterocycles. The number of benzene rings is 1. The first-order chi connectivity index (χ1) is 14.5. The second-order valence-electron chi connectivity index (χ2n) is 7.40. The Morgan fingerprint density at radius 2 is 1.57 bits per heavy atom. The Hall–Kier alpha value is -2.79. The first-order valence-electron chi connectivity index (χ1n) is 10.0. The summed E-state index contributed by atoms with van der Waals surface area (Å²) >= 11 is 0. The monoisotopic (exact) mass is 432 g/mol. The molecule has 3 heterocycles. The third-order valence-electron chi connectivity index (χ3n) is 5.51. The first kappa shape index (κ1) is 20.5. The van der Waals surface area contributed by atoms with Crippen molar-refractivity contribution >= 4 is 27.3 Å². The van der Waals surface area contributed by atoms with Gasteiger partial charge in [0.25, 0.3) is 5.69 Å². The van der Waals surface area contributed by atoms with E-state index in [0.717, 1.165) is 25.8 Å². The Balaban J connectivity index is 1.65. The van der Waals surface area contributed by atoms with E-state index in [2.05, 4.69) is 14.9 Å². The summed E-state index contributed by atoms with van der Waals surface area (Å²) in [5.41, 5.74) is 0.300. The molecule has 2 saturated heterocycles. The van der Waals surface area contributed by atoms with Gasteiger partial charge in [0, 0.05) is 63.8 Å². The van der Waals surface area contributed by atoms with Crippen LogP contribution in [-0.2, 0) is 10.0 Å². The Morgan fingerprint density at radius 1 is 0.900 bits per heavy atom. The average molecular weight is 433 g/mol. The number of nitro groups is 1. The second kappa shape index (κ2) is 8.52. The third-order valence-corrected chi connectivity index (χ3v) is 7.44. The minimum Gasteiger partial charge on any atom is -0.369 e. The maximum Gasteiger partial charge on any atom is 0.270 e. The van der Waals surface area contributed by atoms with E-state index in [1.807, 2.05) is 4.90 Å². The van der Waals surface area contributed by atoms with Crippen LogP contribution in [0.25, 0.3) is 0 Å². The largest absolute Gasteiger partial charge is 0.369 e. The summed E-state index contributed by atoms with van der Waals surface area (Å²) in [6.45, 7) is 3.49. The van der Waals surface area contributed by atoms with Crippen molar-refractivity contribution in [2.45, 2.75) is 24.2 Å². The molecule has 2 fully saturated rings. The van der Waals surface area contributed by atoms with Gasteiger partial charge in [0.15, 0.2) is 0 Å². The third kappa shape index (κ3) is 4.08. The summed E-state index contributed by atoms with van der Waals surface area (Å²) in [4.78, 5) is 23.4. The fourth-order valence-electron chi connectivity index (χ4n) is 3.96. The molecule has 2 aromatic rings. The normalized spacial score (nSPS) is 18.4. The molecular formula is C19H24N6O4S. The van der Waals surface area contributed by atoms with Crippen LogP contribution in [0.4, 0.5) is 17.3 Å². The molecule has 0 atom stereocenters. The predicted octanol–water partition coefficient (Wildman–Crippen LogP) is 1.89. The second-order valence-corrected chi connectivity index (χ2v) is 9.30. The van der Waals surface area contributed by atoms with Gasteiger partial charge in [0.1, 0.15) is 4.90 Å². The zero-order valence-corrected chi connectivity index (χ0v) is 17.4. The first-order valence-corrected chi connectivity index (χ1v) is 11.5. The Kier molecular flexibility index (Phi) is 5.82. The van der Waals surface area contributed by atoms with Crippen molar-refractivity contribution in [1.82, 2.24) is 14.3 Å². The number of non-ortho nitro benzene ring substituents is 1. The van der Waals surface area contributed by atoms with E-state index in [4.69, 9.17) is 0 Å². The van der Waals surface area contributed by atoms with Crippen LogP contribution < -0.4 is 9.80 Å². The van der Waals surface area contributed by atoms with Gasteiger partial charge in [-0.3, -0.25) is 10.1 Å². The van der Waals surface area contributed by atoms with E-state index in [9.17, 15) is 18.5 Å². The Morgan fingerprint density at radius 3 is 2.27 bits per heavy atom. The van der Waals surface area contributed by atoms with Gasteiger partial charge in [0.05, 0.1) is 10.6 Å². The lowest BCUT2D eigenvalue weighted by Crippen LogP contribution is -2.34. The summed E-state index contributed by atoms with van der Waals surface area (Å²) in [6.07, 6.45) is 5.79. The van der Waals surface area contributed by atoms with Gasteiger partial charge in [-0.2, -0.15) is 4.31 Å². The summed E-state index contributed by atoms with van der Waals surface area (Å²) in [5, 5.41) is 11.3. The molecular weight excluding hydrogens is 408 g/mol. The summed E-state index contributed by atoms with van der Waals surface area (Å²) in [5.74, 6) is 0.646. The topological polar surface area (TPSA) is 113 Å². The molecule has 1 aromatic carbocycles. The summed E-state index contributed by atoms with van der Waals surface area (Å²) < 4.78 is 28.0. The molecule has 4 rings (SSSR count). The summed E-state index contributed by atoms with van der Waals surface area (Å²) in [7, 11) is -3.80. The van der Waals surface area contributed by atoms with Crippen LogP contribution in [0.15, 0.2) is 41.6 Å². The molecule has 0 bridgehead atoms. The smallest absolute Gasteiger partial charge is 0.270 e. The maximum absolute atomic E-state index is 13.3. The van der Waals surface area contributed by atoms with Gasteiger partial charge in [-0.15, -0.1) is 0 Å². The highest BCUT2D eigenvalue weighted by atomic mass is 32.2. The van der Waals surface area contributed by atoms with Crippen molar-refractivity contribution in [3.05, 3.63) is 46.8 Å². The molecule has 0 saturated carbocycles. The molecule has 11 heteroatoms. The number of sulfonamides is 1. The predicted molar refractivity (Wildman–Crippen MR) is 112 cm³/mol. The van der Waals surface area contributed by atoms with Crippen molar-refractivity contribution in [2.24, 2.45) is 0 Å². The maximum atomic E-state index is 13.3. The zero-order valence-electron chi connectivity index (χ0n) is 16.6. The van der Waals surface area contributed by atoms with Crippen molar-refractivity contribution in [1.29, 1.82) is 0 Å². The highest BCUT2D eigenvalue weighted by Crippen LogP contribution is 2.33. The van der Waals surface area contributed by atoms with Crippen LogP contribution >= 0.6 is 0 Å². The minimum absolute atomic E-state index is 0.0167. The van der Waals surface area contributed by atoms with Crippen molar-refractivity contribution in [3.63, 3.8) is 0 Å². The zero-order chi connectivity index (χ0) is 21.1.